The van der Waals surface area contributed by atoms with Crippen LogP contribution in [0.3, 0.4) is 0 Å². The Labute approximate surface area is 61.2 Å². The second kappa shape index (κ2) is 3.34. The van der Waals surface area contributed by atoms with Gasteiger partial charge in [0, 0.05) is 0 Å². The van der Waals surface area contributed by atoms with Gasteiger partial charge in [-0.3, -0.25) is 0 Å². The van der Waals surface area contributed by atoms with Crippen LogP contribution in [0, 0.1) is 5.92 Å². The van der Waals surface area contributed by atoms with E-state index in [0.717, 1.165) is 12.8 Å². The van der Waals surface area contributed by atoms with E-state index in [1.165, 1.54) is 0 Å². The Morgan fingerprint density at radius 2 is 1.78 bits per heavy atom. The van der Waals surface area contributed by atoms with Gasteiger partial charge in [-0.05, 0) is 0 Å². The largest absolute Gasteiger partial charge is 0.0968 e. The van der Waals surface area contributed by atoms with Gasteiger partial charge in [-0.15, -0.1) is 0 Å². The first-order chi connectivity index (χ1) is 4.04. The van der Waals surface area contributed by atoms with Crippen LogP contribution in [0.4, 0.5) is 0 Å². The highest BCUT2D eigenvalue weighted by Crippen LogP contribution is 2.32. The Morgan fingerprint density at radius 1 is 1.33 bits per heavy atom. The smallest absolute Gasteiger partial charge is 0.0624 e. The van der Waals surface area contributed by atoms with E-state index in [9.17, 15) is 0 Å². The molecule has 1 atom stereocenters. The zero-order valence-corrected chi connectivity index (χ0v) is 6.65. The van der Waals surface area contributed by atoms with Crippen LogP contribution in [0.15, 0.2) is 0 Å². The van der Waals surface area contributed by atoms with E-state index in [1.807, 2.05) is 6.92 Å². The molecule has 48 valence electrons. The molecule has 0 bridgehead atoms. The lowest BCUT2D eigenvalue weighted by Gasteiger charge is -2.30. The Hall–Kier alpha value is 0.130. The minimum atomic E-state index is -0.450. The highest BCUT2D eigenvalue weighted by Gasteiger charge is 2.20. The molecule has 0 fully saturated rings. The topological polar surface area (TPSA) is 0 Å². The number of hydrogen-bond acceptors (Lipinski definition) is 0. The molecule has 0 heterocycles. The summed E-state index contributed by atoms with van der Waals surface area (Å²) in [4.78, 5) is 0. The average Bonchev–Trinajstić information content (AvgIpc) is 1.86. The van der Waals surface area contributed by atoms with Crippen molar-refractivity contribution in [1.82, 2.24) is 0 Å². The van der Waals surface area contributed by atoms with E-state index in [2.05, 4.69) is 13.8 Å². The summed E-state index contributed by atoms with van der Waals surface area (Å²) in [5.74, 6) is 0.419. The quantitative estimate of drug-likeness (QED) is 0.498. The molecular formula is C7H14B2. The molecule has 0 N–H and O–H groups in total. The van der Waals surface area contributed by atoms with Crippen LogP contribution >= 0.6 is 0 Å². The second-order valence-electron chi connectivity index (χ2n) is 2.78. The number of rotatable bonds is 3. The standard InChI is InChI=1S/C7H14B2/c1-4-6(3)7(8,9)5-2/h6H,4-5H2,1-3H3. The van der Waals surface area contributed by atoms with Crippen molar-refractivity contribution in [3.05, 3.63) is 0 Å². The van der Waals surface area contributed by atoms with Gasteiger partial charge in [-0.25, -0.2) is 0 Å². The van der Waals surface area contributed by atoms with Crippen LogP contribution in [-0.4, -0.2) is 15.7 Å². The summed E-state index contributed by atoms with van der Waals surface area (Å²) >= 11 is 0. The highest BCUT2D eigenvalue weighted by molar-refractivity contribution is 6.39. The Morgan fingerprint density at radius 3 is 1.89 bits per heavy atom. The minimum absolute atomic E-state index is 0.419. The minimum Gasteiger partial charge on any atom is -0.0968 e. The molecule has 0 rings (SSSR count). The zero-order chi connectivity index (χ0) is 7.49. The van der Waals surface area contributed by atoms with Crippen molar-refractivity contribution in [2.24, 2.45) is 5.92 Å². The molecule has 0 amide bonds. The Balaban J connectivity index is 3.80. The molecule has 0 aromatic heterocycles. The molecule has 2 heteroatoms. The summed E-state index contributed by atoms with van der Waals surface area (Å²) < 4.78 is 0. The summed E-state index contributed by atoms with van der Waals surface area (Å²) in [6, 6.07) is 0. The third-order valence-electron chi connectivity index (χ3n) is 2.14. The fourth-order valence-electron chi connectivity index (χ4n) is 0.729. The van der Waals surface area contributed by atoms with Crippen molar-refractivity contribution in [2.75, 3.05) is 0 Å². The Bertz CT molecular complexity index is 79.0. The fraction of sp³-hybridized carbons (Fsp3) is 1.00. The molecule has 0 nitrogen and oxygen atoms in total. The zero-order valence-electron chi connectivity index (χ0n) is 6.65. The molecule has 4 radical (unpaired) electrons. The van der Waals surface area contributed by atoms with Crippen molar-refractivity contribution in [3.8, 4) is 0 Å². The molecule has 0 aromatic rings. The van der Waals surface area contributed by atoms with E-state index in [4.69, 9.17) is 15.7 Å². The van der Waals surface area contributed by atoms with Gasteiger partial charge in [0.25, 0.3) is 0 Å². The molecule has 9 heavy (non-hydrogen) atoms. The van der Waals surface area contributed by atoms with Crippen molar-refractivity contribution in [1.29, 1.82) is 0 Å². The molecule has 0 aromatic carbocycles. The first kappa shape index (κ1) is 9.13. The van der Waals surface area contributed by atoms with Gasteiger partial charge in [-0.1, -0.05) is 44.7 Å². The summed E-state index contributed by atoms with van der Waals surface area (Å²) in [5, 5.41) is -0.450. The molecule has 0 saturated heterocycles. The van der Waals surface area contributed by atoms with E-state index >= 15 is 0 Å². The monoisotopic (exact) mass is 120 g/mol. The summed E-state index contributed by atoms with van der Waals surface area (Å²) in [6.07, 6.45) is 1.91. The molecule has 1 unspecified atom stereocenters. The maximum absolute atomic E-state index is 5.75. The summed E-state index contributed by atoms with van der Waals surface area (Å²) in [6.45, 7) is 6.21. The lowest BCUT2D eigenvalue weighted by Crippen LogP contribution is -2.20. The molecule has 0 saturated carbocycles. The summed E-state index contributed by atoms with van der Waals surface area (Å²) in [5.41, 5.74) is 0. The molecule has 0 spiro atoms. The third-order valence-corrected chi connectivity index (χ3v) is 2.14. The van der Waals surface area contributed by atoms with Crippen LogP contribution < -0.4 is 0 Å². The second-order valence-corrected chi connectivity index (χ2v) is 2.78. The van der Waals surface area contributed by atoms with Gasteiger partial charge in [0.2, 0.25) is 0 Å². The van der Waals surface area contributed by atoms with Crippen LogP contribution in [0.5, 0.6) is 0 Å². The highest BCUT2D eigenvalue weighted by atomic mass is 14.2. The molecule has 0 aliphatic carbocycles. The summed E-state index contributed by atoms with van der Waals surface area (Å²) in [7, 11) is 11.5. The lowest BCUT2D eigenvalue weighted by atomic mass is 9.47. The maximum atomic E-state index is 5.75. The van der Waals surface area contributed by atoms with Crippen molar-refractivity contribution in [2.45, 2.75) is 38.8 Å². The van der Waals surface area contributed by atoms with Gasteiger partial charge in [0.05, 0.1) is 15.7 Å². The predicted molar refractivity (Wildman–Crippen MR) is 43.9 cm³/mol. The van der Waals surface area contributed by atoms with E-state index < -0.39 is 5.21 Å². The number of hydrogen-bond donors (Lipinski definition) is 0. The lowest BCUT2D eigenvalue weighted by molar-refractivity contribution is 0.466. The first-order valence-corrected chi connectivity index (χ1v) is 3.62. The average molecular weight is 120 g/mol. The van der Waals surface area contributed by atoms with Gasteiger partial charge in [-0.2, -0.15) is 0 Å². The first-order valence-electron chi connectivity index (χ1n) is 3.62. The van der Waals surface area contributed by atoms with E-state index in [1.54, 1.807) is 0 Å². The SMILES string of the molecule is [B]C([B])(CC)C(C)CC. The molecule has 0 aliphatic heterocycles. The Kier molecular flexibility index (Phi) is 3.38. The van der Waals surface area contributed by atoms with Crippen molar-refractivity contribution >= 4 is 15.7 Å². The molecule has 0 aliphatic rings. The maximum Gasteiger partial charge on any atom is 0.0624 e. The van der Waals surface area contributed by atoms with Gasteiger partial charge < -0.3 is 0 Å². The fourth-order valence-corrected chi connectivity index (χ4v) is 0.729. The van der Waals surface area contributed by atoms with E-state index in [-0.39, 0.29) is 0 Å². The van der Waals surface area contributed by atoms with E-state index in [0.29, 0.717) is 5.92 Å². The van der Waals surface area contributed by atoms with Crippen LogP contribution in [0.2, 0.25) is 5.21 Å². The van der Waals surface area contributed by atoms with Gasteiger partial charge in [0.15, 0.2) is 0 Å². The normalized spacial score (nSPS) is 15.4. The van der Waals surface area contributed by atoms with Crippen molar-refractivity contribution < 1.29 is 0 Å². The van der Waals surface area contributed by atoms with Crippen LogP contribution in [0.1, 0.15) is 33.6 Å². The van der Waals surface area contributed by atoms with Gasteiger partial charge >= 0.3 is 0 Å². The predicted octanol–water partition coefficient (Wildman–Crippen LogP) is 1.90. The third kappa shape index (κ3) is 2.47. The molecular weight excluding hydrogens is 106 g/mol. The van der Waals surface area contributed by atoms with Gasteiger partial charge in [0.1, 0.15) is 0 Å². The van der Waals surface area contributed by atoms with Crippen molar-refractivity contribution in [3.63, 3.8) is 0 Å². The van der Waals surface area contributed by atoms with Crippen LogP contribution in [0.25, 0.3) is 0 Å². The van der Waals surface area contributed by atoms with Crippen LogP contribution in [-0.2, 0) is 0 Å².